The van der Waals surface area contributed by atoms with Crippen LogP contribution in [0.4, 0.5) is 0 Å². The molecule has 1 aromatic carbocycles. The van der Waals surface area contributed by atoms with Crippen LogP contribution in [0.5, 0.6) is 0 Å². The van der Waals surface area contributed by atoms with Gasteiger partial charge >= 0.3 is 0 Å². The minimum atomic E-state index is -3.74. The van der Waals surface area contributed by atoms with Crippen LogP contribution in [-0.4, -0.2) is 23.9 Å². The summed E-state index contributed by atoms with van der Waals surface area (Å²) in [4.78, 5) is -0.0186. The Morgan fingerprint density at radius 1 is 1.11 bits per heavy atom. The van der Waals surface area contributed by atoms with Crippen LogP contribution in [0.2, 0.25) is 0 Å². The zero-order chi connectivity index (χ0) is 14.0. The highest BCUT2D eigenvalue weighted by Gasteiger charge is 2.14. The summed E-state index contributed by atoms with van der Waals surface area (Å²) >= 11 is 0. The van der Waals surface area contributed by atoms with Gasteiger partial charge in [-0.1, -0.05) is 12.1 Å². The van der Waals surface area contributed by atoms with E-state index in [2.05, 4.69) is 9.44 Å². The molecule has 0 spiro atoms. The molecule has 0 saturated heterocycles. The lowest BCUT2D eigenvalue weighted by Crippen LogP contribution is -2.35. The molecular formula is C9H15N3O4S2. The standard InChI is InChI=1S/C9H15N3O4S2/c1-7(12-18(15,16)11-2)8-3-5-9(6-4-8)17(10,13)14/h3-7,11-12H,1-2H3,(H2,10,13,14). The predicted molar refractivity (Wildman–Crippen MR) is 67.3 cm³/mol. The molecule has 7 nitrogen and oxygen atoms in total. The fraction of sp³-hybridized carbons (Fsp3) is 0.333. The van der Waals surface area contributed by atoms with E-state index in [0.717, 1.165) is 0 Å². The Hall–Kier alpha value is -1.00. The van der Waals surface area contributed by atoms with E-state index in [-0.39, 0.29) is 4.90 Å². The molecular weight excluding hydrogens is 278 g/mol. The third-order valence-corrected chi connectivity index (χ3v) is 4.44. The van der Waals surface area contributed by atoms with E-state index in [4.69, 9.17) is 5.14 Å². The van der Waals surface area contributed by atoms with Gasteiger partial charge in [0, 0.05) is 13.1 Å². The summed E-state index contributed by atoms with van der Waals surface area (Å²) < 4.78 is 49.1. The van der Waals surface area contributed by atoms with Gasteiger partial charge in [0.05, 0.1) is 4.90 Å². The number of sulfonamides is 1. The number of primary sulfonamides is 1. The first kappa shape index (κ1) is 15.1. The molecule has 0 aliphatic rings. The van der Waals surface area contributed by atoms with E-state index in [1.165, 1.54) is 31.3 Å². The van der Waals surface area contributed by atoms with E-state index in [0.29, 0.717) is 5.56 Å². The maximum atomic E-state index is 11.3. The van der Waals surface area contributed by atoms with Gasteiger partial charge in [0.15, 0.2) is 0 Å². The molecule has 18 heavy (non-hydrogen) atoms. The monoisotopic (exact) mass is 293 g/mol. The summed E-state index contributed by atoms with van der Waals surface area (Å²) in [5, 5.41) is 4.96. The highest BCUT2D eigenvalue weighted by molar-refractivity contribution is 7.89. The highest BCUT2D eigenvalue weighted by Crippen LogP contribution is 2.15. The second-order valence-corrected chi connectivity index (χ2v) is 6.87. The van der Waals surface area contributed by atoms with Crippen molar-refractivity contribution in [3.05, 3.63) is 29.8 Å². The molecule has 0 heterocycles. The van der Waals surface area contributed by atoms with Crippen molar-refractivity contribution in [1.29, 1.82) is 0 Å². The van der Waals surface area contributed by atoms with Gasteiger partial charge in [-0.2, -0.15) is 13.1 Å². The van der Waals surface area contributed by atoms with Crippen molar-refractivity contribution in [3.63, 3.8) is 0 Å². The SMILES string of the molecule is CNS(=O)(=O)NC(C)c1ccc(S(N)(=O)=O)cc1. The average molecular weight is 293 g/mol. The molecule has 1 rings (SSSR count). The molecule has 0 fully saturated rings. The van der Waals surface area contributed by atoms with Gasteiger partial charge in [0.2, 0.25) is 10.0 Å². The second kappa shape index (κ2) is 5.33. The number of hydrogen-bond acceptors (Lipinski definition) is 4. The zero-order valence-corrected chi connectivity index (χ0v) is 11.5. The summed E-state index contributed by atoms with van der Waals surface area (Å²) in [6, 6.07) is 5.17. The first-order chi connectivity index (χ1) is 8.15. The third-order valence-electron chi connectivity index (χ3n) is 2.31. The largest absolute Gasteiger partial charge is 0.277 e. The number of nitrogens with one attached hydrogen (secondary N) is 2. The minimum absolute atomic E-state index is 0.0186. The quantitative estimate of drug-likeness (QED) is 0.674. The van der Waals surface area contributed by atoms with Crippen LogP contribution in [-0.2, 0) is 20.2 Å². The Morgan fingerprint density at radius 3 is 2.00 bits per heavy atom. The van der Waals surface area contributed by atoms with Crippen molar-refractivity contribution < 1.29 is 16.8 Å². The molecule has 4 N–H and O–H groups in total. The molecule has 0 radical (unpaired) electrons. The predicted octanol–water partition coefficient (Wildman–Crippen LogP) is -0.551. The number of rotatable bonds is 5. The molecule has 0 aliphatic carbocycles. The van der Waals surface area contributed by atoms with Gasteiger partial charge in [-0.3, -0.25) is 0 Å². The smallest absolute Gasteiger partial charge is 0.225 e. The third kappa shape index (κ3) is 4.03. The molecule has 1 unspecified atom stereocenters. The van der Waals surface area contributed by atoms with Crippen molar-refractivity contribution in [1.82, 2.24) is 9.44 Å². The summed E-state index contributed by atoms with van der Waals surface area (Å²) in [5.41, 5.74) is 0.626. The Labute approximate surface area is 107 Å². The molecule has 0 amide bonds. The lowest BCUT2D eigenvalue weighted by molar-refractivity contribution is 0.558. The number of hydrogen-bond donors (Lipinski definition) is 3. The first-order valence-electron chi connectivity index (χ1n) is 4.99. The fourth-order valence-electron chi connectivity index (χ4n) is 1.31. The molecule has 0 bridgehead atoms. The zero-order valence-electron chi connectivity index (χ0n) is 9.91. The molecule has 0 saturated carbocycles. The maximum absolute atomic E-state index is 11.3. The maximum Gasteiger partial charge on any atom is 0.277 e. The van der Waals surface area contributed by atoms with Crippen molar-refractivity contribution in [2.24, 2.45) is 5.14 Å². The van der Waals surface area contributed by atoms with Crippen LogP contribution in [0.25, 0.3) is 0 Å². The summed E-state index contributed by atoms with van der Waals surface area (Å²) in [6.07, 6.45) is 0. The second-order valence-electron chi connectivity index (χ2n) is 3.66. The topological polar surface area (TPSA) is 118 Å². The van der Waals surface area contributed by atoms with Crippen LogP contribution in [0, 0.1) is 0 Å². The fourth-order valence-corrected chi connectivity index (χ4v) is 2.54. The molecule has 102 valence electrons. The minimum Gasteiger partial charge on any atom is -0.225 e. The van der Waals surface area contributed by atoms with Gasteiger partial charge < -0.3 is 0 Å². The highest BCUT2D eigenvalue weighted by atomic mass is 32.2. The number of nitrogens with two attached hydrogens (primary N) is 1. The van der Waals surface area contributed by atoms with Crippen molar-refractivity contribution in [2.45, 2.75) is 17.9 Å². The van der Waals surface area contributed by atoms with Gasteiger partial charge in [0.25, 0.3) is 10.2 Å². The Balaban J connectivity index is 2.93. The first-order valence-corrected chi connectivity index (χ1v) is 8.02. The Bertz CT molecular complexity index is 608. The lowest BCUT2D eigenvalue weighted by Gasteiger charge is -2.14. The van der Waals surface area contributed by atoms with E-state index >= 15 is 0 Å². The van der Waals surface area contributed by atoms with E-state index in [1.807, 2.05) is 0 Å². The van der Waals surface area contributed by atoms with Crippen LogP contribution in [0.3, 0.4) is 0 Å². The van der Waals surface area contributed by atoms with E-state index < -0.39 is 26.3 Å². The van der Waals surface area contributed by atoms with Crippen LogP contribution in [0.1, 0.15) is 18.5 Å². The van der Waals surface area contributed by atoms with Crippen LogP contribution < -0.4 is 14.6 Å². The van der Waals surface area contributed by atoms with Crippen LogP contribution in [0.15, 0.2) is 29.2 Å². The Kier molecular flexibility index (Phi) is 4.46. The van der Waals surface area contributed by atoms with E-state index in [9.17, 15) is 16.8 Å². The van der Waals surface area contributed by atoms with Crippen LogP contribution >= 0.6 is 0 Å². The summed E-state index contributed by atoms with van der Waals surface area (Å²) in [5.74, 6) is 0. The molecule has 1 aromatic rings. The van der Waals surface area contributed by atoms with Crippen molar-refractivity contribution >= 4 is 20.2 Å². The van der Waals surface area contributed by atoms with Gasteiger partial charge in [-0.05, 0) is 24.6 Å². The van der Waals surface area contributed by atoms with Crippen molar-refractivity contribution in [3.8, 4) is 0 Å². The molecule has 0 aliphatic heterocycles. The molecule has 1 atom stereocenters. The van der Waals surface area contributed by atoms with Gasteiger partial charge in [0.1, 0.15) is 0 Å². The average Bonchev–Trinajstić information content (AvgIpc) is 2.27. The molecule has 0 aromatic heterocycles. The van der Waals surface area contributed by atoms with Crippen molar-refractivity contribution in [2.75, 3.05) is 7.05 Å². The molecule has 9 heteroatoms. The number of benzene rings is 1. The van der Waals surface area contributed by atoms with Gasteiger partial charge in [-0.25, -0.2) is 18.3 Å². The Morgan fingerprint density at radius 2 is 1.61 bits per heavy atom. The normalized spacial score (nSPS) is 14.4. The lowest BCUT2D eigenvalue weighted by atomic mass is 10.1. The summed E-state index contributed by atoms with van der Waals surface area (Å²) in [6.45, 7) is 1.64. The van der Waals surface area contributed by atoms with E-state index in [1.54, 1.807) is 6.92 Å². The summed E-state index contributed by atoms with van der Waals surface area (Å²) in [7, 11) is -5.99. The van der Waals surface area contributed by atoms with Gasteiger partial charge in [-0.15, -0.1) is 0 Å².